The fraction of sp³-hybridized carbons (Fsp3) is 0.500. The van der Waals surface area contributed by atoms with Crippen LogP contribution in [0, 0.1) is 12.8 Å². The molecule has 0 saturated heterocycles. The molecule has 1 heterocycles. The number of fused-ring (bicyclic) bond motifs is 1. The van der Waals surface area contributed by atoms with Crippen molar-refractivity contribution in [1.29, 1.82) is 0 Å². The van der Waals surface area contributed by atoms with Gasteiger partial charge in [0.05, 0.1) is 11.0 Å². The number of aromatic nitrogens is 2. The summed E-state index contributed by atoms with van der Waals surface area (Å²) in [6.07, 6.45) is 4.01. The maximum absolute atomic E-state index is 6.07. The zero-order valence-electron chi connectivity index (χ0n) is 10.5. The van der Waals surface area contributed by atoms with E-state index in [1.165, 1.54) is 30.3 Å². The average molecular weight is 229 g/mol. The summed E-state index contributed by atoms with van der Waals surface area (Å²) < 4.78 is 2.21. The second kappa shape index (κ2) is 3.76. The predicted molar refractivity (Wildman–Crippen MR) is 70.9 cm³/mol. The first-order valence-corrected chi connectivity index (χ1v) is 6.41. The molecule has 1 aromatic heterocycles. The first-order valence-electron chi connectivity index (χ1n) is 6.41. The molecule has 1 saturated carbocycles. The van der Waals surface area contributed by atoms with Crippen molar-refractivity contribution in [2.75, 3.05) is 5.73 Å². The van der Waals surface area contributed by atoms with Crippen LogP contribution in [0.4, 0.5) is 5.95 Å². The standard InChI is InChI=1S/C14H19N3/c1-9-6-7-13-12(8-9)16-14(15)17(13)10(2)11-4-3-5-11/h6-8,10-11H,3-5H2,1-2H3,(H2,15,16). The Kier molecular flexibility index (Phi) is 2.35. The maximum atomic E-state index is 6.07. The SMILES string of the molecule is Cc1ccc2c(c1)nc(N)n2C(C)C1CCC1. The predicted octanol–water partition coefficient (Wildman–Crippen LogP) is 3.29. The van der Waals surface area contributed by atoms with E-state index in [1.807, 2.05) is 0 Å². The molecule has 90 valence electrons. The quantitative estimate of drug-likeness (QED) is 0.858. The Hall–Kier alpha value is -1.51. The Balaban J connectivity index is 2.11. The summed E-state index contributed by atoms with van der Waals surface area (Å²) in [4.78, 5) is 4.48. The van der Waals surface area contributed by atoms with E-state index in [0.717, 1.165) is 11.4 Å². The first-order chi connectivity index (χ1) is 8.16. The summed E-state index contributed by atoms with van der Waals surface area (Å²) in [6.45, 7) is 4.35. The van der Waals surface area contributed by atoms with Gasteiger partial charge in [0.1, 0.15) is 0 Å². The van der Waals surface area contributed by atoms with Crippen molar-refractivity contribution in [2.45, 2.75) is 39.2 Å². The largest absolute Gasteiger partial charge is 0.369 e. The Labute approximate surface area is 102 Å². The molecule has 0 spiro atoms. The molecule has 3 nitrogen and oxygen atoms in total. The molecule has 1 atom stereocenters. The molecule has 1 aliphatic rings. The van der Waals surface area contributed by atoms with Crippen LogP contribution in [0.1, 0.15) is 37.8 Å². The summed E-state index contributed by atoms with van der Waals surface area (Å²) in [5.41, 5.74) is 9.50. The van der Waals surface area contributed by atoms with Crippen molar-refractivity contribution < 1.29 is 0 Å². The third-order valence-corrected chi connectivity index (χ3v) is 4.11. The Morgan fingerprint density at radius 2 is 2.18 bits per heavy atom. The van der Waals surface area contributed by atoms with Crippen LogP contribution in [0.2, 0.25) is 0 Å². The van der Waals surface area contributed by atoms with Gasteiger partial charge in [0, 0.05) is 6.04 Å². The van der Waals surface area contributed by atoms with E-state index >= 15 is 0 Å². The molecule has 0 radical (unpaired) electrons. The van der Waals surface area contributed by atoms with Crippen LogP contribution in [0.15, 0.2) is 18.2 Å². The van der Waals surface area contributed by atoms with Gasteiger partial charge in [0.25, 0.3) is 0 Å². The highest BCUT2D eigenvalue weighted by atomic mass is 15.2. The van der Waals surface area contributed by atoms with Crippen molar-refractivity contribution in [2.24, 2.45) is 5.92 Å². The van der Waals surface area contributed by atoms with Gasteiger partial charge in [-0.1, -0.05) is 12.5 Å². The topological polar surface area (TPSA) is 43.8 Å². The monoisotopic (exact) mass is 229 g/mol. The molecule has 2 N–H and O–H groups in total. The summed E-state index contributed by atoms with van der Waals surface area (Å²) in [7, 11) is 0. The number of aryl methyl sites for hydroxylation is 1. The minimum absolute atomic E-state index is 0.469. The zero-order chi connectivity index (χ0) is 12.0. The Morgan fingerprint density at radius 1 is 1.41 bits per heavy atom. The summed E-state index contributed by atoms with van der Waals surface area (Å²) in [6, 6.07) is 6.85. The lowest BCUT2D eigenvalue weighted by Crippen LogP contribution is -2.23. The van der Waals surface area contributed by atoms with Crippen LogP contribution in [0.25, 0.3) is 11.0 Å². The number of nitrogens with zero attached hydrogens (tertiary/aromatic N) is 2. The number of hydrogen-bond donors (Lipinski definition) is 1. The number of benzene rings is 1. The van der Waals surface area contributed by atoms with Gasteiger partial charge in [-0.15, -0.1) is 0 Å². The van der Waals surface area contributed by atoms with E-state index in [1.54, 1.807) is 0 Å². The van der Waals surface area contributed by atoms with Crippen molar-refractivity contribution in [1.82, 2.24) is 9.55 Å². The molecule has 2 aromatic rings. The fourth-order valence-electron chi connectivity index (χ4n) is 2.79. The molecule has 1 aliphatic carbocycles. The van der Waals surface area contributed by atoms with E-state index in [9.17, 15) is 0 Å². The second-order valence-corrected chi connectivity index (χ2v) is 5.26. The molecule has 0 bridgehead atoms. The van der Waals surface area contributed by atoms with Gasteiger partial charge in [-0.3, -0.25) is 0 Å². The van der Waals surface area contributed by atoms with Crippen LogP contribution in [0.3, 0.4) is 0 Å². The minimum atomic E-state index is 0.469. The van der Waals surface area contributed by atoms with Gasteiger partial charge in [-0.2, -0.15) is 0 Å². The fourth-order valence-corrected chi connectivity index (χ4v) is 2.79. The van der Waals surface area contributed by atoms with Crippen LogP contribution in [-0.4, -0.2) is 9.55 Å². The molecule has 17 heavy (non-hydrogen) atoms. The summed E-state index contributed by atoms with van der Waals surface area (Å²) in [5.74, 6) is 1.43. The maximum Gasteiger partial charge on any atom is 0.201 e. The van der Waals surface area contributed by atoms with E-state index in [-0.39, 0.29) is 0 Å². The molecule has 1 aromatic carbocycles. The first kappa shape index (κ1) is 10.6. The molecule has 1 unspecified atom stereocenters. The molecular weight excluding hydrogens is 210 g/mol. The third kappa shape index (κ3) is 1.61. The smallest absolute Gasteiger partial charge is 0.201 e. The number of anilines is 1. The number of nitrogen functional groups attached to an aromatic ring is 1. The highest BCUT2D eigenvalue weighted by Gasteiger charge is 2.27. The van der Waals surface area contributed by atoms with Crippen molar-refractivity contribution in [3.63, 3.8) is 0 Å². The van der Waals surface area contributed by atoms with Gasteiger partial charge >= 0.3 is 0 Å². The van der Waals surface area contributed by atoms with Gasteiger partial charge < -0.3 is 10.3 Å². The number of imidazole rings is 1. The van der Waals surface area contributed by atoms with Crippen LogP contribution < -0.4 is 5.73 Å². The lowest BCUT2D eigenvalue weighted by Gasteiger charge is -2.33. The van der Waals surface area contributed by atoms with Crippen molar-refractivity contribution >= 4 is 17.0 Å². The van der Waals surface area contributed by atoms with Gasteiger partial charge in [-0.05, 0) is 50.3 Å². The second-order valence-electron chi connectivity index (χ2n) is 5.26. The van der Waals surface area contributed by atoms with Crippen LogP contribution in [0.5, 0.6) is 0 Å². The highest BCUT2D eigenvalue weighted by molar-refractivity contribution is 5.79. The third-order valence-electron chi connectivity index (χ3n) is 4.11. The summed E-state index contributed by atoms with van der Waals surface area (Å²) >= 11 is 0. The number of nitrogens with two attached hydrogens (primary N) is 1. The Morgan fingerprint density at radius 3 is 2.82 bits per heavy atom. The van der Waals surface area contributed by atoms with Gasteiger partial charge in [-0.25, -0.2) is 4.98 Å². The normalized spacial score (nSPS) is 18.2. The lowest BCUT2D eigenvalue weighted by atomic mass is 9.80. The van der Waals surface area contributed by atoms with Crippen molar-refractivity contribution in [3.8, 4) is 0 Å². The van der Waals surface area contributed by atoms with E-state index in [2.05, 4.69) is 41.6 Å². The number of rotatable bonds is 2. The molecule has 0 aliphatic heterocycles. The van der Waals surface area contributed by atoms with E-state index in [0.29, 0.717) is 12.0 Å². The lowest BCUT2D eigenvalue weighted by molar-refractivity contribution is 0.227. The van der Waals surface area contributed by atoms with Gasteiger partial charge in [0.15, 0.2) is 0 Å². The van der Waals surface area contributed by atoms with E-state index < -0.39 is 0 Å². The average Bonchev–Trinajstić information content (AvgIpc) is 2.50. The van der Waals surface area contributed by atoms with Gasteiger partial charge in [0.2, 0.25) is 5.95 Å². The molecule has 3 rings (SSSR count). The summed E-state index contributed by atoms with van der Waals surface area (Å²) in [5, 5.41) is 0. The molecular formula is C14H19N3. The molecule has 3 heteroatoms. The molecule has 0 amide bonds. The van der Waals surface area contributed by atoms with Crippen LogP contribution in [-0.2, 0) is 0 Å². The zero-order valence-corrected chi connectivity index (χ0v) is 10.5. The Bertz CT molecular complexity index is 552. The number of hydrogen-bond acceptors (Lipinski definition) is 2. The van der Waals surface area contributed by atoms with Crippen LogP contribution >= 0.6 is 0 Å². The van der Waals surface area contributed by atoms with E-state index in [4.69, 9.17) is 5.73 Å². The molecule has 1 fully saturated rings. The van der Waals surface area contributed by atoms with Crippen molar-refractivity contribution in [3.05, 3.63) is 23.8 Å². The highest BCUT2D eigenvalue weighted by Crippen LogP contribution is 2.38. The minimum Gasteiger partial charge on any atom is -0.369 e.